The molecule has 2 amide bonds. The van der Waals surface area contributed by atoms with Crippen LogP contribution < -0.4 is 11.1 Å². The Labute approximate surface area is 213 Å². The topological polar surface area (TPSA) is 115 Å². The molecule has 0 unspecified atom stereocenters. The van der Waals surface area contributed by atoms with E-state index in [1.807, 2.05) is 30.3 Å². The molecule has 2 atom stereocenters. The van der Waals surface area contributed by atoms with E-state index in [2.05, 4.69) is 42.0 Å². The number of rotatable bonds is 7. The summed E-state index contributed by atoms with van der Waals surface area (Å²) in [5.74, 6) is -0.494. The molecule has 1 aliphatic heterocycles. The Kier molecular flexibility index (Phi) is 7.75. The lowest BCUT2D eigenvalue weighted by atomic mass is 9.88. The predicted molar refractivity (Wildman–Crippen MR) is 144 cm³/mol. The van der Waals surface area contributed by atoms with Crippen molar-refractivity contribution in [3.63, 3.8) is 0 Å². The van der Waals surface area contributed by atoms with Crippen LogP contribution in [0.3, 0.4) is 0 Å². The molecule has 3 aromatic rings. The van der Waals surface area contributed by atoms with Gasteiger partial charge < -0.3 is 20.7 Å². The van der Waals surface area contributed by atoms with Gasteiger partial charge >= 0.3 is 11.8 Å². The number of likely N-dealkylation sites (tertiary alicyclic amines) is 1. The molecule has 0 radical (unpaired) electrons. The number of aromatic nitrogens is 3. The minimum absolute atomic E-state index is 0.134. The number of ether oxygens (including phenoxy) is 1. The molecular formula is C26H36N6O3Si. The van der Waals surface area contributed by atoms with Crippen LogP contribution in [0.15, 0.2) is 42.7 Å². The Balaban J connectivity index is 1.49. The van der Waals surface area contributed by atoms with E-state index < -0.39 is 19.9 Å². The Morgan fingerprint density at radius 3 is 2.69 bits per heavy atom. The van der Waals surface area contributed by atoms with Gasteiger partial charge in [-0.1, -0.05) is 56.9 Å². The van der Waals surface area contributed by atoms with E-state index in [0.29, 0.717) is 41.5 Å². The van der Waals surface area contributed by atoms with Crippen molar-refractivity contribution in [2.75, 3.05) is 24.2 Å². The fourth-order valence-electron chi connectivity index (χ4n) is 4.45. The van der Waals surface area contributed by atoms with Gasteiger partial charge in [-0.25, -0.2) is 9.67 Å². The van der Waals surface area contributed by atoms with Crippen LogP contribution in [0.5, 0.6) is 0 Å². The summed E-state index contributed by atoms with van der Waals surface area (Å²) in [5, 5.41) is 7.88. The van der Waals surface area contributed by atoms with Crippen molar-refractivity contribution < 1.29 is 14.3 Å². The van der Waals surface area contributed by atoms with Crippen LogP contribution in [0.4, 0.5) is 11.5 Å². The SMILES string of the molecule is C[C@@H]1CCN(C(=O)C(=O)Nc2cnc(N)c3cn(COCC[Si](C)(C)C)nc23)[C@H](c2ccccc2)C1. The number of fused-ring (bicyclic) bond motifs is 1. The second kappa shape index (κ2) is 10.8. The Hall–Kier alpha value is -3.24. The molecule has 0 aliphatic carbocycles. The molecule has 4 rings (SSSR count). The van der Waals surface area contributed by atoms with Crippen LogP contribution in [-0.4, -0.2) is 52.7 Å². The molecule has 3 heterocycles. The number of pyridine rings is 1. The third-order valence-corrected chi connectivity index (χ3v) is 8.30. The number of carbonyl (C=O) groups excluding carboxylic acids is 2. The Morgan fingerprint density at radius 1 is 1.22 bits per heavy atom. The van der Waals surface area contributed by atoms with Crippen molar-refractivity contribution in [1.82, 2.24) is 19.7 Å². The van der Waals surface area contributed by atoms with Gasteiger partial charge in [0, 0.05) is 27.4 Å². The highest BCUT2D eigenvalue weighted by Gasteiger charge is 2.34. The van der Waals surface area contributed by atoms with Gasteiger partial charge in [0.15, 0.2) is 0 Å². The first-order valence-electron chi connectivity index (χ1n) is 12.5. The third-order valence-electron chi connectivity index (χ3n) is 6.60. The summed E-state index contributed by atoms with van der Waals surface area (Å²) >= 11 is 0. The highest BCUT2D eigenvalue weighted by atomic mass is 28.3. The van der Waals surface area contributed by atoms with E-state index in [4.69, 9.17) is 10.5 Å². The largest absolute Gasteiger partial charge is 0.383 e. The zero-order valence-electron chi connectivity index (χ0n) is 21.5. The molecule has 192 valence electrons. The molecule has 36 heavy (non-hydrogen) atoms. The minimum Gasteiger partial charge on any atom is -0.383 e. The molecule has 10 heteroatoms. The molecule has 1 aliphatic rings. The van der Waals surface area contributed by atoms with Crippen molar-refractivity contribution in [1.29, 1.82) is 0 Å². The number of anilines is 2. The minimum atomic E-state index is -1.19. The molecule has 1 aromatic carbocycles. The monoisotopic (exact) mass is 508 g/mol. The number of benzene rings is 1. The van der Waals surface area contributed by atoms with E-state index in [1.165, 1.54) is 6.20 Å². The summed E-state index contributed by atoms with van der Waals surface area (Å²) in [5.41, 5.74) is 7.93. The first-order chi connectivity index (χ1) is 17.1. The third kappa shape index (κ3) is 6.11. The number of amides is 2. The van der Waals surface area contributed by atoms with Crippen molar-refractivity contribution in [3.8, 4) is 0 Å². The summed E-state index contributed by atoms with van der Waals surface area (Å²) in [6.07, 6.45) is 4.87. The fourth-order valence-corrected chi connectivity index (χ4v) is 5.21. The maximum Gasteiger partial charge on any atom is 0.314 e. The lowest BCUT2D eigenvalue weighted by Gasteiger charge is -2.38. The second-order valence-corrected chi connectivity index (χ2v) is 16.5. The average molecular weight is 509 g/mol. The smallest absolute Gasteiger partial charge is 0.314 e. The second-order valence-electron chi connectivity index (χ2n) is 10.8. The predicted octanol–water partition coefficient (Wildman–Crippen LogP) is 4.26. The van der Waals surface area contributed by atoms with Crippen LogP contribution in [0.1, 0.15) is 31.4 Å². The summed E-state index contributed by atoms with van der Waals surface area (Å²) < 4.78 is 7.43. The molecular weight excluding hydrogens is 472 g/mol. The van der Waals surface area contributed by atoms with Gasteiger partial charge in [0.25, 0.3) is 0 Å². The molecule has 2 aromatic heterocycles. The van der Waals surface area contributed by atoms with Crippen LogP contribution in [0, 0.1) is 5.92 Å². The average Bonchev–Trinajstić information content (AvgIpc) is 3.28. The first kappa shape index (κ1) is 25.8. The first-order valence-corrected chi connectivity index (χ1v) is 16.2. The number of piperidine rings is 1. The molecule has 1 saturated heterocycles. The summed E-state index contributed by atoms with van der Waals surface area (Å²) in [6.45, 7) is 10.5. The zero-order chi connectivity index (χ0) is 25.9. The standard InChI is InChI=1S/C26H36N6O3Si/c1-18-10-11-32(22(14-18)19-8-6-5-7-9-19)26(34)25(33)29-21-15-28-24(27)20-16-31(30-23(20)21)17-35-12-13-36(2,3)4/h5-9,15-16,18,22H,10-14,17H2,1-4H3,(H2,27,28)(H,29,33)/t18-,22+/m1/s1. The van der Waals surface area contributed by atoms with Gasteiger partial charge in [-0.05, 0) is 30.4 Å². The highest BCUT2D eigenvalue weighted by Crippen LogP contribution is 2.34. The van der Waals surface area contributed by atoms with Gasteiger partial charge in [-0.3, -0.25) is 9.59 Å². The van der Waals surface area contributed by atoms with E-state index in [9.17, 15) is 9.59 Å². The van der Waals surface area contributed by atoms with E-state index >= 15 is 0 Å². The van der Waals surface area contributed by atoms with Crippen LogP contribution >= 0.6 is 0 Å². The molecule has 1 fully saturated rings. The molecule has 9 nitrogen and oxygen atoms in total. The normalized spacial score (nSPS) is 18.4. The maximum atomic E-state index is 13.3. The van der Waals surface area contributed by atoms with Gasteiger partial charge in [0.1, 0.15) is 18.1 Å². The van der Waals surface area contributed by atoms with Crippen molar-refractivity contribution in [2.45, 2.75) is 58.2 Å². The van der Waals surface area contributed by atoms with Crippen LogP contribution in [0.2, 0.25) is 25.7 Å². The quantitative estimate of drug-likeness (QED) is 0.280. The number of hydrogen-bond donors (Lipinski definition) is 2. The Morgan fingerprint density at radius 2 is 1.97 bits per heavy atom. The highest BCUT2D eigenvalue weighted by molar-refractivity contribution is 6.76. The van der Waals surface area contributed by atoms with Gasteiger partial charge in [0.2, 0.25) is 0 Å². The zero-order valence-corrected chi connectivity index (χ0v) is 22.5. The number of carbonyl (C=O) groups is 2. The van der Waals surface area contributed by atoms with Crippen LogP contribution in [-0.2, 0) is 21.1 Å². The van der Waals surface area contributed by atoms with E-state index in [-0.39, 0.29) is 12.8 Å². The number of hydrogen-bond acceptors (Lipinski definition) is 6. The van der Waals surface area contributed by atoms with Crippen molar-refractivity contribution in [2.24, 2.45) is 5.92 Å². The Bertz CT molecular complexity index is 1220. The van der Waals surface area contributed by atoms with E-state index in [1.54, 1.807) is 15.8 Å². The van der Waals surface area contributed by atoms with Gasteiger partial charge in [0.05, 0.1) is 23.3 Å². The molecule has 3 N–H and O–H groups in total. The van der Waals surface area contributed by atoms with Crippen molar-refractivity contribution in [3.05, 3.63) is 48.3 Å². The van der Waals surface area contributed by atoms with Gasteiger partial charge in [-0.15, -0.1) is 0 Å². The van der Waals surface area contributed by atoms with Gasteiger partial charge in [-0.2, -0.15) is 5.10 Å². The van der Waals surface area contributed by atoms with E-state index in [0.717, 1.165) is 24.4 Å². The summed E-state index contributed by atoms with van der Waals surface area (Å²) in [4.78, 5) is 32.3. The van der Waals surface area contributed by atoms with Crippen LogP contribution in [0.25, 0.3) is 10.9 Å². The number of nitrogens with two attached hydrogens (primary N) is 1. The maximum absolute atomic E-state index is 13.3. The summed E-state index contributed by atoms with van der Waals surface area (Å²) in [6, 6.07) is 10.8. The lowest BCUT2D eigenvalue weighted by molar-refractivity contribution is -0.146. The number of nitrogens with one attached hydrogen (secondary N) is 1. The number of nitrogens with zero attached hydrogens (tertiary/aromatic N) is 4. The fraction of sp³-hybridized carbons (Fsp3) is 0.462. The summed E-state index contributed by atoms with van der Waals surface area (Å²) in [7, 11) is -1.19. The molecule has 0 saturated carbocycles. The molecule has 0 spiro atoms. The molecule has 0 bridgehead atoms. The lowest BCUT2D eigenvalue weighted by Crippen LogP contribution is -2.45. The number of nitrogen functional groups attached to an aromatic ring is 1. The van der Waals surface area contributed by atoms with Crippen molar-refractivity contribution >= 4 is 42.3 Å².